The van der Waals surface area contributed by atoms with Gasteiger partial charge in [-0.15, -0.1) is 0 Å². The molecule has 0 saturated carbocycles. The number of para-hydroxylation sites is 1. The number of nitrogens with one attached hydrogen (secondary N) is 1. The predicted molar refractivity (Wildman–Crippen MR) is 118 cm³/mol. The normalized spacial score (nSPS) is 11.0. The zero-order valence-corrected chi connectivity index (χ0v) is 18.1. The third-order valence-electron chi connectivity index (χ3n) is 4.87. The third kappa shape index (κ3) is 5.29. The van der Waals surface area contributed by atoms with Gasteiger partial charge in [0.05, 0.1) is 13.7 Å². The van der Waals surface area contributed by atoms with Gasteiger partial charge < -0.3 is 15.4 Å². The second-order valence-corrected chi connectivity index (χ2v) is 7.12. The molecule has 0 radical (unpaired) electrons. The topological polar surface area (TPSA) is 114 Å². The predicted octanol–water partition coefficient (Wildman–Crippen LogP) is 1.41. The van der Waals surface area contributed by atoms with Crippen LogP contribution in [0.4, 0.5) is 11.5 Å². The van der Waals surface area contributed by atoms with Gasteiger partial charge in [-0.2, -0.15) is 0 Å². The van der Waals surface area contributed by atoms with Crippen molar-refractivity contribution in [2.24, 2.45) is 0 Å². The van der Waals surface area contributed by atoms with Gasteiger partial charge in [0.1, 0.15) is 11.6 Å². The fourth-order valence-corrected chi connectivity index (χ4v) is 3.33. The fourth-order valence-electron chi connectivity index (χ4n) is 3.33. The SMILES string of the molecule is CCCCn1c(N)c(N(CC)C(=O)CN(C)Cc2ccccc2OC)c(=O)[nH]c1=O. The van der Waals surface area contributed by atoms with E-state index in [0.717, 1.165) is 24.2 Å². The van der Waals surface area contributed by atoms with E-state index in [1.807, 2.05) is 43.1 Å². The fraction of sp³-hybridized carbons (Fsp3) is 0.476. The number of nitrogen functional groups attached to an aromatic ring is 1. The lowest BCUT2D eigenvalue weighted by Crippen LogP contribution is -2.44. The number of carbonyl (C=O) groups is 1. The van der Waals surface area contributed by atoms with Crippen LogP contribution in [0.25, 0.3) is 0 Å². The molecule has 9 nitrogen and oxygen atoms in total. The van der Waals surface area contributed by atoms with E-state index in [9.17, 15) is 14.4 Å². The minimum absolute atomic E-state index is 0.0137. The number of nitrogens with zero attached hydrogens (tertiary/aromatic N) is 3. The molecule has 0 spiro atoms. The maximum Gasteiger partial charge on any atom is 0.330 e. The van der Waals surface area contributed by atoms with Crippen molar-refractivity contribution in [1.29, 1.82) is 0 Å². The van der Waals surface area contributed by atoms with E-state index in [-0.39, 0.29) is 30.5 Å². The molecule has 1 aromatic carbocycles. The first kappa shape index (κ1) is 23.2. The molecule has 3 N–H and O–H groups in total. The Balaban J connectivity index is 2.26. The monoisotopic (exact) mass is 417 g/mol. The molecule has 0 bridgehead atoms. The minimum atomic E-state index is -0.659. The van der Waals surface area contributed by atoms with Crippen LogP contribution in [0.15, 0.2) is 33.9 Å². The first-order chi connectivity index (χ1) is 14.3. The number of nitrogens with two attached hydrogens (primary N) is 1. The third-order valence-corrected chi connectivity index (χ3v) is 4.87. The number of benzene rings is 1. The van der Waals surface area contributed by atoms with Crippen molar-refractivity contribution in [2.75, 3.05) is 37.9 Å². The summed E-state index contributed by atoms with van der Waals surface area (Å²) in [7, 11) is 3.42. The number of hydrogen-bond donors (Lipinski definition) is 2. The summed E-state index contributed by atoms with van der Waals surface area (Å²) in [4.78, 5) is 43.1. The molecule has 1 amide bonds. The van der Waals surface area contributed by atoms with Crippen LogP contribution in [0.3, 0.4) is 0 Å². The van der Waals surface area contributed by atoms with E-state index in [4.69, 9.17) is 10.5 Å². The number of carbonyl (C=O) groups excluding carboxylic acids is 1. The highest BCUT2D eigenvalue weighted by Gasteiger charge is 2.24. The Bertz CT molecular complexity index is 982. The molecule has 0 unspecified atom stereocenters. The first-order valence-electron chi connectivity index (χ1n) is 10.1. The smallest absolute Gasteiger partial charge is 0.330 e. The van der Waals surface area contributed by atoms with Gasteiger partial charge in [0.25, 0.3) is 5.56 Å². The summed E-state index contributed by atoms with van der Waals surface area (Å²) in [6.45, 7) is 4.95. The van der Waals surface area contributed by atoms with Gasteiger partial charge in [-0.25, -0.2) is 4.79 Å². The van der Waals surface area contributed by atoms with Crippen LogP contribution >= 0.6 is 0 Å². The molecule has 0 atom stereocenters. The lowest BCUT2D eigenvalue weighted by Gasteiger charge is -2.26. The van der Waals surface area contributed by atoms with Crippen LogP contribution < -0.4 is 26.6 Å². The molecule has 2 aromatic rings. The molecule has 0 fully saturated rings. The highest BCUT2D eigenvalue weighted by atomic mass is 16.5. The molecular formula is C21H31N5O4. The maximum absolute atomic E-state index is 13.0. The van der Waals surface area contributed by atoms with Crippen molar-refractivity contribution in [2.45, 2.75) is 39.8 Å². The highest BCUT2D eigenvalue weighted by molar-refractivity contribution is 5.96. The molecule has 0 saturated heterocycles. The molecule has 164 valence electrons. The van der Waals surface area contributed by atoms with Gasteiger partial charge in [-0.1, -0.05) is 31.5 Å². The quantitative estimate of drug-likeness (QED) is 0.604. The number of methoxy groups -OCH3 is 1. The van der Waals surface area contributed by atoms with Gasteiger partial charge in [-0.05, 0) is 26.5 Å². The molecule has 1 aromatic heterocycles. The number of amides is 1. The summed E-state index contributed by atoms with van der Waals surface area (Å²) in [5.41, 5.74) is 5.89. The molecule has 0 aliphatic heterocycles. The average Bonchev–Trinajstić information content (AvgIpc) is 2.71. The largest absolute Gasteiger partial charge is 0.496 e. The molecule has 0 aliphatic rings. The number of likely N-dealkylation sites (N-methyl/N-ethyl adjacent to an activating group) is 2. The van der Waals surface area contributed by atoms with Crippen LogP contribution in [0.1, 0.15) is 32.3 Å². The number of H-pyrrole nitrogens is 1. The molecule has 0 aliphatic carbocycles. The van der Waals surface area contributed by atoms with E-state index in [1.54, 1.807) is 14.0 Å². The first-order valence-corrected chi connectivity index (χ1v) is 10.1. The van der Waals surface area contributed by atoms with E-state index < -0.39 is 11.2 Å². The van der Waals surface area contributed by atoms with Crippen molar-refractivity contribution in [3.05, 3.63) is 50.7 Å². The number of ether oxygens (including phenoxy) is 1. The van der Waals surface area contributed by atoms with Gasteiger partial charge in [0, 0.05) is 25.2 Å². The second-order valence-electron chi connectivity index (χ2n) is 7.12. The zero-order chi connectivity index (χ0) is 22.3. The van der Waals surface area contributed by atoms with E-state index >= 15 is 0 Å². The van der Waals surface area contributed by atoms with Crippen molar-refractivity contribution < 1.29 is 9.53 Å². The Morgan fingerprint density at radius 2 is 1.93 bits per heavy atom. The molecule has 9 heteroatoms. The van der Waals surface area contributed by atoms with Crippen LogP contribution in [0.5, 0.6) is 5.75 Å². The van der Waals surface area contributed by atoms with Gasteiger partial charge in [-0.3, -0.25) is 24.0 Å². The van der Waals surface area contributed by atoms with Crippen molar-refractivity contribution in [3.8, 4) is 5.75 Å². The Morgan fingerprint density at radius 3 is 2.57 bits per heavy atom. The van der Waals surface area contributed by atoms with Crippen LogP contribution in [-0.4, -0.2) is 47.6 Å². The highest BCUT2D eigenvalue weighted by Crippen LogP contribution is 2.20. The Kier molecular flexibility index (Phi) is 8.23. The molecular weight excluding hydrogens is 386 g/mol. The van der Waals surface area contributed by atoms with E-state index in [0.29, 0.717) is 13.1 Å². The number of anilines is 2. The number of unbranched alkanes of at least 4 members (excludes halogenated alkanes) is 1. The van der Waals surface area contributed by atoms with E-state index in [2.05, 4.69) is 4.98 Å². The van der Waals surface area contributed by atoms with Crippen LogP contribution in [0, 0.1) is 0 Å². The second kappa shape index (κ2) is 10.6. The maximum atomic E-state index is 13.0. The van der Waals surface area contributed by atoms with Gasteiger partial charge in [0.15, 0.2) is 5.69 Å². The summed E-state index contributed by atoms with van der Waals surface area (Å²) < 4.78 is 6.68. The van der Waals surface area contributed by atoms with Gasteiger partial charge in [0.2, 0.25) is 5.91 Å². The van der Waals surface area contributed by atoms with Crippen molar-refractivity contribution >= 4 is 17.4 Å². The zero-order valence-electron chi connectivity index (χ0n) is 18.1. The summed E-state index contributed by atoms with van der Waals surface area (Å²) in [6, 6.07) is 7.59. The number of hydrogen-bond acceptors (Lipinski definition) is 6. The summed E-state index contributed by atoms with van der Waals surface area (Å²) in [6.07, 6.45) is 1.60. The van der Waals surface area contributed by atoms with Crippen molar-refractivity contribution in [1.82, 2.24) is 14.5 Å². The Hall–Kier alpha value is -3.07. The lowest BCUT2D eigenvalue weighted by molar-refractivity contribution is -0.119. The van der Waals surface area contributed by atoms with Crippen LogP contribution in [-0.2, 0) is 17.9 Å². The lowest BCUT2D eigenvalue weighted by atomic mass is 10.2. The molecule has 1 heterocycles. The van der Waals surface area contributed by atoms with Crippen molar-refractivity contribution in [3.63, 3.8) is 0 Å². The number of aromatic nitrogens is 2. The number of rotatable bonds is 10. The summed E-state index contributed by atoms with van der Waals surface area (Å²) >= 11 is 0. The summed E-state index contributed by atoms with van der Waals surface area (Å²) in [5, 5.41) is 0. The average molecular weight is 418 g/mol. The molecule has 30 heavy (non-hydrogen) atoms. The number of aromatic amines is 1. The van der Waals surface area contributed by atoms with E-state index in [1.165, 1.54) is 9.47 Å². The Morgan fingerprint density at radius 1 is 1.23 bits per heavy atom. The van der Waals surface area contributed by atoms with Crippen LogP contribution in [0.2, 0.25) is 0 Å². The standard InChI is InChI=1S/C21H31N5O4/c1-5-7-12-26-19(22)18(20(28)23-21(26)29)25(6-2)17(27)14-24(3)13-15-10-8-9-11-16(15)30-4/h8-11H,5-7,12-14,22H2,1-4H3,(H,23,28,29). The van der Waals surface area contributed by atoms with Gasteiger partial charge >= 0.3 is 5.69 Å². The Labute approximate surface area is 176 Å². The molecule has 2 rings (SSSR count). The minimum Gasteiger partial charge on any atom is -0.496 e. The summed E-state index contributed by atoms with van der Waals surface area (Å²) in [5.74, 6) is 0.473.